The Bertz CT molecular complexity index is 1100. The average Bonchev–Trinajstić information content (AvgIpc) is 2.80. The molecule has 33 heavy (non-hydrogen) atoms. The molecule has 10 nitrogen and oxygen atoms in total. The van der Waals surface area contributed by atoms with Gasteiger partial charge >= 0.3 is 0 Å². The fourth-order valence-corrected chi connectivity index (χ4v) is 5.05. The molecule has 3 rings (SSSR count). The van der Waals surface area contributed by atoms with Crippen molar-refractivity contribution < 1.29 is 22.9 Å². The molecule has 0 saturated heterocycles. The number of benzene rings is 2. The van der Waals surface area contributed by atoms with E-state index in [2.05, 4.69) is 15.4 Å². The van der Waals surface area contributed by atoms with Crippen molar-refractivity contribution in [3.05, 3.63) is 52.6 Å². The summed E-state index contributed by atoms with van der Waals surface area (Å²) >= 11 is 0. The zero-order chi connectivity index (χ0) is 23.8. The lowest BCUT2D eigenvalue weighted by Crippen LogP contribution is -2.36. The molecule has 178 valence electrons. The molecule has 0 heterocycles. The summed E-state index contributed by atoms with van der Waals surface area (Å²) in [6.07, 6.45) is 5.48. The Morgan fingerprint density at radius 2 is 1.85 bits per heavy atom. The number of hydrogen-bond donors (Lipinski definition) is 3. The van der Waals surface area contributed by atoms with Crippen LogP contribution in [-0.4, -0.2) is 38.9 Å². The van der Waals surface area contributed by atoms with Gasteiger partial charge in [0.05, 0.1) is 23.4 Å². The van der Waals surface area contributed by atoms with E-state index in [4.69, 9.17) is 4.74 Å². The summed E-state index contributed by atoms with van der Waals surface area (Å²) in [7, 11) is -2.79. The summed E-state index contributed by atoms with van der Waals surface area (Å²) in [5.41, 5.74) is -0.00577. The number of carbonyl (C=O) groups excluding carboxylic acids is 1. The van der Waals surface area contributed by atoms with Gasteiger partial charge in [0.25, 0.3) is 15.7 Å². The number of rotatable bonds is 10. The summed E-state index contributed by atoms with van der Waals surface area (Å²) < 4.78 is 33.8. The van der Waals surface area contributed by atoms with Gasteiger partial charge in [-0.15, -0.1) is 0 Å². The molecular formula is C22H28N4O6S. The molecule has 1 amide bonds. The second-order valence-corrected chi connectivity index (χ2v) is 9.47. The molecule has 1 aliphatic rings. The van der Waals surface area contributed by atoms with Gasteiger partial charge in [0.2, 0.25) is 5.91 Å². The first-order valence-electron chi connectivity index (χ1n) is 10.8. The molecule has 0 spiro atoms. The minimum Gasteiger partial charge on any atom is -0.495 e. The van der Waals surface area contributed by atoms with Gasteiger partial charge in [0.15, 0.2) is 0 Å². The van der Waals surface area contributed by atoms with Crippen molar-refractivity contribution in [3.63, 3.8) is 0 Å². The van der Waals surface area contributed by atoms with E-state index in [-0.39, 0.29) is 46.9 Å². The summed E-state index contributed by atoms with van der Waals surface area (Å²) in [5.74, 6) is 0.188. The number of nitrogens with one attached hydrogen (secondary N) is 3. The van der Waals surface area contributed by atoms with Crippen LogP contribution in [0.2, 0.25) is 0 Å². The number of nitrogens with zero attached hydrogens (tertiary/aromatic N) is 1. The highest BCUT2D eigenvalue weighted by molar-refractivity contribution is 7.93. The van der Waals surface area contributed by atoms with Gasteiger partial charge in [0.1, 0.15) is 10.6 Å². The minimum absolute atomic E-state index is 0.118. The number of ether oxygens (including phenoxy) is 1. The third-order valence-electron chi connectivity index (χ3n) is 5.45. The Kier molecular flexibility index (Phi) is 8.10. The number of carbonyl (C=O) groups is 1. The summed E-state index contributed by atoms with van der Waals surface area (Å²) in [4.78, 5) is 22.5. The molecule has 1 aliphatic carbocycles. The monoisotopic (exact) mass is 476 g/mol. The van der Waals surface area contributed by atoms with Crippen LogP contribution in [0.3, 0.4) is 0 Å². The van der Waals surface area contributed by atoms with Gasteiger partial charge in [-0.2, -0.15) is 0 Å². The number of sulfonamides is 1. The van der Waals surface area contributed by atoms with E-state index in [1.165, 1.54) is 31.7 Å². The molecule has 0 unspecified atom stereocenters. The van der Waals surface area contributed by atoms with Gasteiger partial charge in [-0.1, -0.05) is 31.4 Å². The molecule has 0 aliphatic heterocycles. The maximum absolute atomic E-state index is 13.1. The lowest BCUT2D eigenvalue weighted by molar-refractivity contribution is -0.385. The number of methoxy groups -OCH3 is 1. The molecule has 2 aromatic rings. The van der Waals surface area contributed by atoms with E-state index in [0.717, 1.165) is 31.7 Å². The molecule has 0 atom stereocenters. The summed E-state index contributed by atoms with van der Waals surface area (Å²) in [6.45, 7) is 0.174. The van der Waals surface area contributed by atoms with Gasteiger partial charge in [-0.05, 0) is 31.0 Å². The zero-order valence-corrected chi connectivity index (χ0v) is 19.2. The maximum atomic E-state index is 13.1. The summed E-state index contributed by atoms with van der Waals surface area (Å²) in [6, 6.07) is 10.2. The first-order chi connectivity index (χ1) is 15.8. The molecule has 11 heteroatoms. The van der Waals surface area contributed by atoms with Crippen molar-refractivity contribution in [2.45, 2.75) is 49.5 Å². The highest BCUT2D eigenvalue weighted by Crippen LogP contribution is 2.31. The number of non-ortho nitro benzene ring substituents is 1. The van der Waals surface area contributed by atoms with Gasteiger partial charge in [0, 0.05) is 31.1 Å². The number of nitro benzene ring substituents is 1. The SMILES string of the molecule is COc1ccccc1NS(=O)(=O)c1cc([N+](=O)[O-])ccc1NCCC(=O)NC1CCCCC1. The number of anilines is 2. The highest BCUT2D eigenvalue weighted by Gasteiger charge is 2.24. The minimum atomic E-state index is -4.20. The Labute approximate surface area is 192 Å². The van der Waals surface area contributed by atoms with Crippen molar-refractivity contribution >= 4 is 33.0 Å². The van der Waals surface area contributed by atoms with Gasteiger partial charge < -0.3 is 15.4 Å². The molecule has 2 aromatic carbocycles. The van der Waals surface area contributed by atoms with Crippen LogP contribution in [0.5, 0.6) is 5.75 Å². The Morgan fingerprint density at radius 3 is 2.55 bits per heavy atom. The largest absolute Gasteiger partial charge is 0.495 e. The van der Waals surface area contributed by atoms with Crippen LogP contribution < -0.4 is 20.1 Å². The Balaban J connectivity index is 1.75. The van der Waals surface area contributed by atoms with Crippen LogP contribution in [0.4, 0.5) is 17.1 Å². The molecule has 1 fully saturated rings. The maximum Gasteiger partial charge on any atom is 0.270 e. The molecular weight excluding hydrogens is 448 g/mol. The highest BCUT2D eigenvalue weighted by atomic mass is 32.2. The molecule has 1 saturated carbocycles. The first-order valence-corrected chi connectivity index (χ1v) is 12.3. The lowest BCUT2D eigenvalue weighted by Gasteiger charge is -2.22. The molecule has 0 bridgehead atoms. The van der Waals surface area contributed by atoms with E-state index >= 15 is 0 Å². The molecule has 3 N–H and O–H groups in total. The third kappa shape index (κ3) is 6.58. The van der Waals surface area contributed by atoms with Crippen LogP contribution in [-0.2, 0) is 14.8 Å². The second-order valence-electron chi connectivity index (χ2n) is 7.82. The molecule has 0 aromatic heterocycles. The predicted molar refractivity (Wildman–Crippen MR) is 125 cm³/mol. The lowest BCUT2D eigenvalue weighted by atomic mass is 9.95. The van der Waals surface area contributed by atoms with Crippen molar-refractivity contribution in [3.8, 4) is 5.75 Å². The average molecular weight is 477 g/mol. The first kappa shape index (κ1) is 24.3. The van der Waals surface area contributed by atoms with E-state index in [9.17, 15) is 23.3 Å². The van der Waals surface area contributed by atoms with E-state index in [1.54, 1.807) is 18.2 Å². The number of hydrogen-bond acceptors (Lipinski definition) is 7. The standard InChI is InChI=1S/C22H28N4O6S/c1-32-20-10-6-5-9-18(20)25-33(30,31)21-15-17(26(28)29)11-12-19(21)23-14-13-22(27)24-16-7-3-2-4-8-16/h5-6,9-12,15-16,23,25H,2-4,7-8,13-14H2,1H3,(H,24,27). The number of nitro groups is 1. The number of amides is 1. The van der Waals surface area contributed by atoms with Crippen LogP contribution in [0.1, 0.15) is 38.5 Å². The topological polar surface area (TPSA) is 140 Å². The van der Waals surface area contributed by atoms with Gasteiger partial charge in [-0.3, -0.25) is 19.6 Å². The van der Waals surface area contributed by atoms with Crippen molar-refractivity contribution in [1.29, 1.82) is 0 Å². The quantitative estimate of drug-likeness (QED) is 0.351. The van der Waals surface area contributed by atoms with E-state index in [1.807, 2.05) is 0 Å². The molecule has 0 radical (unpaired) electrons. The van der Waals surface area contributed by atoms with Crippen molar-refractivity contribution in [2.75, 3.05) is 23.7 Å². The van der Waals surface area contributed by atoms with Crippen LogP contribution >= 0.6 is 0 Å². The van der Waals surface area contributed by atoms with Crippen molar-refractivity contribution in [2.24, 2.45) is 0 Å². The predicted octanol–water partition coefficient (Wildman–Crippen LogP) is 3.66. The smallest absolute Gasteiger partial charge is 0.270 e. The van der Waals surface area contributed by atoms with E-state index in [0.29, 0.717) is 5.75 Å². The Hall–Kier alpha value is -3.34. The summed E-state index contributed by atoms with van der Waals surface area (Å²) in [5, 5.41) is 17.2. The fraction of sp³-hybridized carbons (Fsp3) is 0.409. The Morgan fingerprint density at radius 1 is 1.12 bits per heavy atom. The third-order valence-corrected chi connectivity index (χ3v) is 6.86. The van der Waals surface area contributed by atoms with Crippen LogP contribution in [0, 0.1) is 10.1 Å². The fourth-order valence-electron chi connectivity index (χ4n) is 3.78. The number of para-hydroxylation sites is 2. The van der Waals surface area contributed by atoms with Gasteiger partial charge in [-0.25, -0.2) is 8.42 Å². The van der Waals surface area contributed by atoms with Crippen LogP contribution in [0.15, 0.2) is 47.4 Å². The van der Waals surface area contributed by atoms with Crippen LogP contribution in [0.25, 0.3) is 0 Å². The van der Waals surface area contributed by atoms with E-state index < -0.39 is 14.9 Å². The zero-order valence-electron chi connectivity index (χ0n) is 18.4. The van der Waals surface area contributed by atoms with Crippen molar-refractivity contribution in [1.82, 2.24) is 5.32 Å². The second kappa shape index (κ2) is 11.0. The normalized spacial score (nSPS) is 14.3.